The van der Waals surface area contributed by atoms with E-state index in [1.807, 2.05) is 36.4 Å². The van der Waals surface area contributed by atoms with E-state index in [0.29, 0.717) is 6.42 Å². The van der Waals surface area contributed by atoms with Crippen LogP contribution in [-0.2, 0) is 16.0 Å². The summed E-state index contributed by atoms with van der Waals surface area (Å²) in [5.74, 6) is 0.0718. The minimum atomic E-state index is -0.512. The monoisotopic (exact) mass is 361 g/mol. The summed E-state index contributed by atoms with van der Waals surface area (Å²) in [5.41, 5.74) is 3.90. The van der Waals surface area contributed by atoms with Crippen molar-refractivity contribution in [2.24, 2.45) is 0 Å². The largest absolute Gasteiger partial charge is 0.508 e. The van der Waals surface area contributed by atoms with Gasteiger partial charge in [0.1, 0.15) is 11.8 Å². The number of phenolic OH excluding ortho intramolecular Hbond substituents is 1. The second-order valence-electron chi connectivity index (χ2n) is 7.27. The van der Waals surface area contributed by atoms with Gasteiger partial charge in [0.15, 0.2) is 0 Å². The third kappa shape index (κ3) is 2.26. The van der Waals surface area contributed by atoms with Crippen molar-refractivity contribution in [2.45, 2.75) is 18.5 Å². The number of nitrogens with one attached hydrogen (secondary N) is 1. The molecule has 5 rings (SSSR count). The van der Waals surface area contributed by atoms with Gasteiger partial charge in [-0.25, -0.2) is 0 Å². The van der Waals surface area contributed by atoms with Crippen LogP contribution in [-0.4, -0.2) is 51.3 Å². The Morgan fingerprint density at radius 2 is 1.81 bits per heavy atom. The molecule has 2 amide bonds. The van der Waals surface area contributed by atoms with Crippen molar-refractivity contribution in [1.82, 2.24) is 14.8 Å². The summed E-state index contributed by atoms with van der Waals surface area (Å²) in [5, 5.41) is 10.8. The van der Waals surface area contributed by atoms with Gasteiger partial charge >= 0.3 is 0 Å². The van der Waals surface area contributed by atoms with Crippen LogP contribution in [0, 0.1) is 0 Å². The van der Waals surface area contributed by atoms with Crippen molar-refractivity contribution < 1.29 is 14.7 Å². The smallest absolute Gasteiger partial charge is 0.245 e. The normalized spacial score (nSPS) is 22.1. The molecule has 27 heavy (non-hydrogen) atoms. The minimum absolute atomic E-state index is 0.0330. The summed E-state index contributed by atoms with van der Waals surface area (Å²) in [6, 6.07) is 14.0. The molecule has 0 radical (unpaired) electrons. The first-order chi connectivity index (χ1) is 13.0. The number of likely N-dealkylation sites (N-methyl/N-ethyl adjacent to an activating group) is 1. The van der Waals surface area contributed by atoms with Crippen molar-refractivity contribution in [3.8, 4) is 5.75 Å². The lowest BCUT2D eigenvalue weighted by Crippen LogP contribution is -2.62. The van der Waals surface area contributed by atoms with Gasteiger partial charge in [-0.15, -0.1) is 0 Å². The second kappa shape index (κ2) is 5.61. The summed E-state index contributed by atoms with van der Waals surface area (Å²) in [7, 11) is 1.68. The standard InChI is InChI=1S/C21H19N3O3/c1-23-11-18(26)24-17(21(23)27)10-15-14-4-2-3-5-16(14)22-19(15)20(24)12-6-8-13(25)9-7-12/h2-9,17,20,22,25H,10-11H2,1H3/t17-,20+/m1/s1. The molecule has 2 aliphatic heterocycles. The lowest BCUT2D eigenvalue weighted by atomic mass is 9.86. The lowest BCUT2D eigenvalue weighted by Gasteiger charge is -2.46. The fraction of sp³-hybridized carbons (Fsp3) is 0.238. The highest BCUT2D eigenvalue weighted by Gasteiger charge is 2.47. The fourth-order valence-corrected chi connectivity index (χ4v) is 4.41. The molecule has 2 aromatic carbocycles. The Morgan fingerprint density at radius 1 is 1.07 bits per heavy atom. The van der Waals surface area contributed by atoms with E-state index in [4.69, 9.17) is 0 Å². The van der Waals surface area contributed by atoms with Crippen LogP contribution in [0.3, 0.4) is 0 Å². The van der Waals surface area contributed by atoms with E-state index in [2.05, 4.69) is 4.98 Å². The lowest BCUT2D eigenvalue weighted by molar-refractivity contribution is -0.157. The van der Waals surface area contributed by atoms with Crippen LogP contribution in [0.5, 0.6) is 5.75 Å². The summed E-state index contributed by atoms with van der Waals surface area (Å²) >= 11 is 0. The number of hydrogen-bond donors (Lipinski definition) is 2. The molecule has 1 saturated heterocycles. The van der Waals surface area contributed by atoms with Crippen LogP contribution in [0.1, 0.15) is 22.9 Å². The topological polar surface area (TPSA) is 76.6 Å². The number of phenols is 1. The molecule has 6 heteroatoms. The van der Waals surface area contributed by atoms with Gasteiger partial charge in [-0.2, -0.15) is 0 Å². The highest BCUT2D eigenvalue weighted by atomic mass is 16.3. The predicted molar refractivity (Wildman–Crippen MR) is 100 cm³/mol. The number of carbonyl (C=O) groups excluding carboxylic acids is 2. The maximum atomic E-state index is 12.9. The van der Waals surface area contributed by atoms with E-state index in [1.165, 1.54) is 4.90 Å². The van der Waals surface area contributed by atoms with Gasteiger partial charge in [0.2, 0.25) is 11.8 Å². The number of benzene rings is 2. The zero-order valence-corrected chi connectivity index (χ0v) is 14.8. The molecule has 0 spiro atoms. The number of carbonyl (C=O) groups is 2. The second-order valence-corrected chi connectivity index (χ2v) is 7.27. The molecule has 0 unspecified atom stereocenters. The number of aromatic amines is 1. The maximum absolute atomic E-state index is 12.9. The Balaban J connectivity index is 1.76. The van der Waals surface area contributed by atoms with Gasteiger partial charge in [0, 0.05) is 30.1 Å². The number of rotatable bonds is 1. The molecule has 0 saturated carbocycles. The molecule has 6 nitrogen and oxygen atoms in total. The first-order valence-corrected chi connectivity index (χ1v) is 8.99. The summed E-state index contributed by atoms with van der Waals surface area (Å²) in [6.45, 7) is 0.0828. The van der Waals surface area contributed by atoms with E-state index >= 15 is 0 Å². The Hall–Kier alpha value is -3.28. The number of amides is 2. The number of hydrogen-bond acceptors (Lipinski definition) is 3. The number of piperazine rings is 1. The Labute approximate surface area is 156 Å². The first kappa shape index (κ1) is 15.9. The molecule has 1 aromatic heterocycles. The molecule has 136 valence electrons. The zero-order chi connectivity index (χ0) is 18.7. The van der Waals surface area contributed by atoms with Crippen molar-refractivity contribution in [3.63, 3.8) is 0 Å². The van der Waals surface area contributed by atoms with Gasteiger partial charge in [-0.1, -0.05) is 30.3 Å². The molecule has 2 atom stereocenters. The molecule has 0 bridgehead atoms. The average molecular weight is 361 g/mol. The maximum Gasteiger partial charge on any atom is 0.245 e. The van der Waals surface area contributed by atoms with Crippen molar-refractivity contribution in [3.05, 3.63) is 65.4 Å². The van der Waals surface area contributed by atoms with Crippen LogP contribution in [0.15, 0.2) is 48.5 Å². The highest BCUT2D eigenvalue weighted by molar-refractivity contribution is 5.97. The number of aromatic nitrogens is 1. The van der Waals surface area contributed by atoms with Crippen LogP contribution < -0.4 is 0 Å². The quantitative estimate of drug-likeness (QED) is 0.698. The Morgan fingerprint density at radius 3 is 2.59 bits per heavy atom. The van der Waals surface area contributed by atoms with Crippen molar-refractivity contribution in [1.29, 1.82) is 0 Å². The number of aromatic hydroxyl groups is 1. The van der Waals surface area contributed by atoms with Gasteiger partial charge in [-0.3, -0.25) is 9.59 Å². The van der Waals surface area contributed by atoms with E-state index in [-0.39, 0.29) is 30.2 Å². The van der Waals surface area contributed by atoms with E-state index in [0.717, 1.165) is 27.7 Å². The van der Waals surface area contributed by atoms with Gasteiger partial charge in [0.25, 0.3) is 0 Å². The predicted octanol–water partition coefficient (Wildman–Crippen LogP) is 2.19. The zero-order valence-electron chi connectivity index (χ0n) is 14.8. The van der Waals surface area contributed by atoms with Crippen LogP contribution >= 0.6 is 0 Å². The van der Waals surface area contributed by atoms with Gasteiger partial charge < -0.3 is 19.9 Å². The summed E-state index contributed by atoms with van der Waals surface area (Å²) in [6.07, 6.45) is 0.503. The van der Waals surface area contributed by atoms with Crippen molar-refractivity contribution in [2.75, 3.05) is 13.6 Å². The fourth-order valence-electron chi connectivity index (χ4n) is 4.41. The van der Waals surface area contributed by atoms with E-state index < -0.39 is 6.04 Å². The molecular weight excluding hydrogens is 342 g/mol. The minimum Gasteiger partial charge on any atom is -0.508 e. The molecule has 1 fully saturated rings. The Kier molecular flexibility index (Phi) is 3.31. The summed E-state index contributed by atoms with van der Waals surface area (Å²) in [4.78, 5) is 32.5. The third-order valence-electron chi connectivity index (χ3n) is 5.66. The number of nitrogens with zero attached hydrogens (tertiary/aromatic N) is 2. The number of fused-ring (bicyclic) bond motifs is 4. The van der Waals surface area contributed by atoms with E-state index in [1.54, 1.807) is 24.1 Å². The van der Waals surface area contributed by atoms with Gasteiger partial charge in [0.05, 0.1) is 12.6 Å². The number of H-pyrrole nitrogens is 1. The molecule has 3 aromatic rings. The molecule has 2 aliphatic rings. The molecule has 3 heterocycles. The highest BCUT2D eigenvalue weighted by Crippen LogP contribution is 2.42. The van der Waals surface area contributed by atoms with Gasteiger partial charge in [-0.05, 0) is 29.3 Å². The number of para-hydroxylation sites is 1. The van der Waals surface area contributed by atoms with Crippen LogP contribution in [0.4, 0.5) is 0 Å². The molecule has 0 aliphatic carbocycles. The first-order valence-electron chi connectivity index (χ1n) is 8.99. The summed E-state index contributed by atoms with van der Waals surface area (Å²) < 4.78 is 0. The van der Waals surface area contributed by atoms with Crippen LogP contribution in [0.2, 0.25) is 0 Å². The third-order valence-corrected chi connectivity index (χ3v) is 5.66. The van der Waals surface area contributed by atoms with Crippen LogP contribution in [0.25, 0.3) is 10.9 Å². The van der Waals surface area contributed by atoms with E-state index in [9.17, 15) is 14.7 Å². The average Bonchev–Trinajstić information content (AvgIpc) is 3.04. The van der Waals surface area contributed by atoms with Crippen molar-refractivity contribution >= 4 is 22.7 Å². The molecule has 2 N–H and O–H groups in total. The molecular formula is C21H19N3O3. The SMILES string of the molecule is CN1CC(=O)N2[C@@H](c3ccc(O)cc3)c3[nH]c4ccccc4c3C[C@@H]2C1=O. The Bertz CT molecular complexity index is 1070.